The average molecular weight is 537 g/mol. The van der Waals surface area contributed by atoms with Crippen molar-refractivity contribution in [1.29, 1.82) is 0 Å². The van der Waals surface area contributed by atoms with E-state index in [0.717, 1.165) is 38.3 Å². The standard InChI is InChI=1S/C33H32N2O5/c1-17(2)30(33(39)40-16-24(36)34-29-18(3)10-9-11-19(29)4)35-31(37)27-25-20-12-5-6-13-21(20)26(28(27)32(35)38)23-15-8-7-14-22(23)25/h5-15,17,25-28,30H,16H2,1-4H3,(H,34,36)/t25?,26?,27-,28-,30+/m1/s1. The molecule has 1 saturated heterocycles. The van der Waals surface area contributed by atoms with Gasteiger partial charge in [0.05, 0.1) is 11.8 Å². The second-order valence-corrected chi connectivity index (χ2v) is 11.4. The zero-order valence-corrected chi connectivity index (χ0v) is 23.0. The van der Waals surface area contributed by atoms with Gasteiger partial charge in [-0.15, -0.1) is 0 Å². The minimum atomic E-state index is -1.12. The first-order chi connectivity index (χ1) is 19.2. The summed E-state index contributed by atoms with van der Waals surface area (Å²) in [7, 11) is 0. The Bertz CT molecular complexity index is 1420. The van der Waals surface area contributed by atoms with E-state index < -0.39 is 42.3 Å². The minimum absolute atomic E-state index is 0.254. The summed E-state index contributed by atoms with van der Waals surface area (Å²) in [6.45, 7) is 6.82. The summed E-state index contributed by atoms with van der Waals surface area (Å²) in [5, 5.41) is 2.81. The van der Waals surface area contributed by atoms with Crippen molar-refractivity contribution in [3.63, 3.8) is 0 Å². The maximum absolute atomic E-state index is 14.1. The summed E-state index contributed by atoms with van der Waals surface area (Å²) in [6.07, 6.45) is 0. The Morgan fingerprint density at radius 1 is 0.775 bits per heavy atom. The SMILES string of the molecule is Cc1cccc(C)c1NC(=O)COC(=O)[C@H](C(C)C)N1C(=O)[C@@H]2C3c4ccccc4C(c4ccccc43)[C@H]2C1=O. The fourth-order valence-electron chi connectivity index (χ4n) is 7.06. The number of nitrogens with zero attached hydrogens (tertiary/aromatic N) is 1. The van der Waals surface area contributed by atoms with Crippen LogP contribution in [0.1, 0.15) is 59.1 Å². The fourth-order valence-corrected chi connectivity index (χ4v) is 7.06. The third-order valence-corrected chi connectivity index (χ3v) is 8.72. The first-order valence-corrected chi connectivity index (χ1v) is 13.8. The van der Waals surface area contributed by atoms with E-state index in [1.54, 1.807) is 13.8 Å². The molecule has 3 atom stereocenters. The summed E-state index contributed by atoms with van der Waals surface area (Å²) in [4.78, 5) is 55.4. The molecule has 0 saturated carbocycles. The van der Waals surface area contributed by atoms with Crippen LogP contribution < -0.4 is 5.32 Å². The van der Waals surface area contributed by atoms with Gasteiger partial charge < -0.3 is 10.1 Å². The van der Waals surface area contributed by atoms with Gasteiger partial charge in [0.1, 0.15) is 6.04 Å². The Morgan fingerprint density at radius 2 is 1.23 bits per heavy atom. The van der Waals surface area contributed by atoms with Crippen molar-refractivity contribution in [2.24, 2.45) is 17.8 Å². The molecule has 7 rings (SSSR count). The number of aryl methyl sites for hydroxylation is 2. The van der Waals surface area contributed by atoms with Crippen LogP contribution in [0.4, 0.5) is 5.69 Å². The molecular weight excluding hydrogens is 504 g/mol. The molecule has 40 heavy (non-hydrogen) atoms. The first-order valence-electron chi connectivity index (χ1n) is 13.8. The largest absolute Gasteiger partial charge is 0.454 e. The van der Waals surface area contributed by atoms with Gasteiger partial charge in [-0.05, 0) is 53.1 Å². The number of para-hydroxylation sites is 1. The molecule has 0 radical (unpaired) electrons. The van der Waals surface area contributed by atoms with E-state index in [2.05, 4.69) is 5.32 Å². The topological polar surface area (TPSA) is 92.8 Å². The van der Waals surface area contributed by atoms with Crippen molar-refractivity contribution in [1.82, 2.24) is 4.90 Å². The lowest BCUT2D eigenvalue weighted by Crippen LogP contribution is -2.49. The van der Waals surface area contributed by atoms with Crippen molar-refractivity contribution in [3.05, 3.63) is 100 Å². The van der Waals surface area contributed by atoms with Crippen LogP contribution in [0.3, 0.4) is 0 Å². The maximum atomic E-state index is 14.1. The Kier molecular flexibility index (Phi) is 6.32. The number of esters is 1. The van der Waals surface area contributed by atoms with Crippen LogP contribution in [0.2, 0.25) is 0 Å². The van der Waals surface area contributed by atoms with Gasteiger partial charge in [-0.25, -0.2) is 4.79 Å². The Balaban J connectivity index is 1.27. The lowest BCUT2D eigenvalue weighted by molar-refractivity contribution is -0.162. The number of rotatable bonds is 6. The average Bonchev–Trinajstić information content (AvgIpc) is 3.20. The number of hydrogen-bond acceptors (Lipinski definition) is 5. The highest BCUT2D eigenvalue weighted by Crippen LogP contribution is 2.61. The van der Waals surface area contributed by atoms with Gasteiger partial charge in [-0.2, -0.15) is 0 Å². The third-order valence-electron chi connectivity index (χ3n) is 8.72. The van der Waals surface area contributed by atoms with E-state index in [1.165, 1.54) is 0 Å². The number of carbonyl (C=O) groups is 4. The van der Waals surface area contributed by atoms with Crippen LogP contribution in [-0.4, -0.2) is 41.2 Å². The molecule has 3 aliphatic carbocycles. The van der Waals surface area contributed by atoms with Gasteiger partial charge in [0.2, 0.25) is 11.8 Å². The molecule has 0 aromatic heterocycles. The minimum Gasteiger partial charge on any atom is -0.454 e. The second-order valence-electron chi connectivity index (χ2n) is 11.4. The lowest BCUT2D eigenvalue weighted by atomic mass is 9.55. The normalized spacial score (nSPS) is 23.0. The number of amides is 3. The number of imide groups is 1. The van der Waals surface area contributed by atoms with E-state index in [0.29, 0.717) is 5.69 Å². The van der Waals surface area contributed by atoms with Crippen LogP contribution in [0.15, 0.2) is 66.7 Å². The molecule has 0 spiro atoms. The number of benzene rings is 3. The second kappa shape index (κ2) is 9.73. The van der Waals surface area contributed by atoms with Gasteiger partial charge in [0.15, 0.2) is 6.61 Å². The highest BCUT2D eigenvalue weighted by atomic mass is 16.5. The summed E-state index contributed by atoms with van der Waals surface area (Å²) in [5.74, 6) is -3.99. The van der Waals surface area contributed by atoms with E-state index in [1.807, 2.05) is 80.6 Å². The van der Waals surface area contributed by atoms with Crippen molar-refractivity contribution in [2.45, 2.75) is 45.6 Å². The smallest absolute Gasteiger partial charge is 0.330 e. The number of carbonyl (C=O) groups excluding carboxylic acids is 4. The summed E-state index contributed by atoms with van der Waals surface area (Å²) in [5.41, 5.74) is 6.75. The van der Waals surface area contributed by atoms with E-state index in [4.69, 9.17) is 4.74 Å². The van der Waals surface area contributed by atoms with Crippen LogP contribution >= 0.6 is 0 Å². The number of hydrogen-bond donors (Lipinski definition) is 1. The van der Waals surface area contributed by atoms with Crippen molar-refractivity contribution >= 4 is 29.4 Å². The van der Waals surface area contributed by atoms with Crippen molar-refractivity contribution < 1.29 is 23.9 Å². The number of ether oxygens (including phenoxy) is 1. The van der Waals surface area contributed by atoms with E-state index in [9.17, 15) is 19.2 Å². The highest BCUT2D eigenvalue weighted by molar-refractivity contribution is 6.10. The molecule has 3 aromatic carbocycles. The quantitative estimate of drug-likeness (QED) is 0.364. The van der Waals surface area contributed by atoms with E-state index >= 15 is 0 Å². The van der Waals surface area contributed by atoms with E-state index in [-0.39, 0.29) is 23.7 Å². The Morgan fingerprint density at radius 3 is 1.65 bits per heavy atom. The molecule has 1 heterocycles. The zero-order chi connectivity index (χ0) is 28.3. The van der Waals surface area contributed by atoms with Crippen LogP contribution in [0.25, 0.3) is 0 Å². The molecule has 4 aliphatic rings. The van der Waals surface area contributed by atoms with Gasteiger partial charge in [-0.1, -0.05) is 80.6 Å². The molecule has 3 aromatic rings. The highest BCUT2D eigenvalue weighted by Gasteiger charge is 2.63. The molecule has 0 unspecified atom stereocenters. The number of anilines is 1. The summed E-state index contributed by atoms with van der Waals surface area (Å²) >= 11 is 0. The van der Waals surface area contributed by atoms with Crippen LogP contribution in [0, 0.1) is 31.6 Å². The summed E-state index contributed by atoms with van der Waals surface area (Å²) < 4.78 is 5.44. The monoisotopic (exact) mass is 536 g/mol. The molecule has 1 N–H and O–H groups in total. The van der Waals surface area contributed by atoms with Crippen LogP contribution in [0.5, 0.6) is 0 Å². The molecule has 7 heteroatoms. The Hall–Kier alpha value is -4.26. The molecule has 1 aliphatic heterocycles. The number of nitrogens with one attached hydrogen (secondary N) is 1. The predicted octanol–water partition coefficient (Wildman–Crippen LogP) is 4.70. The van der Waals surface area contributed by atoms with Crippen LogP contribution in [-0.2, 0) is 23.9 Å². The fraction of sp³-hybridized carbons (Fsp3) is 0.333. The van der Waals surface area contributed by atoms with Gasteiger partial charge in [0, 0.05) is 17.5 Å². The van der Waals surface area contributed by atoms with Crippen molar-refractivity contribution in [3.8, 4) is 0 Å². The molecular formula is C33H32N2O5. The Labute approximate surface area is 233 Å². The predicted molar refractivity (Wildman–Crippen MR) is 150 cm³/mol. The van der Waals surface area contributed by atoms with Gasteiger partial charge in [-0.3, -0.25) is 19.3 Å². The molecule has 2 bridgehead atoms. The molecule has 3 amide bonds. The molecule has 204 valence electrons. The van der Waals surface area contributed by atoms with Gasteiger partial charge >= 0.3 is 5.97 Å². The maximum Gasteiger partial charge on any atom is 0.330 e. The van der Waals surface area contributed by atoms with Crippen molar-refractivity contribution in [2.75, 3.05) is 11.9 Å². The first kappa shape index (κ1) is 26.0. The molecule has 1 fully saturated rings. The van der Waals surface area contributed by atoms with Gasteiger partial charge in [0.25, 0.3) is 5.91 Å². The summed E-state index contributed by atoms with van der Waals surface area (Å²) in [6, 6.07) is 20.6. The lowest BCUT2D eigenvalue weighted by Gasteiger charge is -2.45. The number of likely N-dealkylation sites (tertiary alicyclic amines) is 1. The zero-order valence-electron chi connectivity index (χ0n) is 23.0. The molecule has 7 nitrogen and oxygen atoms in total. The third kappa shape index (κ3) is 3.86.